The minimum Gasteiger partial charge on any atom is -0.394 e. The van der Waals surface area contributed by atoms with E-state index in [2.05, 4.69) is 31.3 Å². The highest BCUT2D eigenvalue weighted by Gasteiger charge is 2.44. The molecule has 0 aromatic heterocycles. The summed E-state index contributed by atoms with van der Waals surface area (Å²) in [5, 5.41) is 76.0. The van der Waals surface area contributed by atoms with Crippen LogP contribution in [0.2, 0.25) is 0 Å². The molecule has 0 bridgehead atoms. The van der Waals surface area contributed by atoms with Crippen LogP contribution in [0.25, 0.3) is 0 Å². The average molecular weight is 985 g/mol. The van der Waals surface area contributed by atoms with Gasteiger partial charge in [0.15, 0.2) is 6.29 Å². The summed E-state index contributed by atoms with van der Waals surface area (Å²) >= 11 is 0. The van der Waals surface area contributed by atoms with Crippen molar-refractivity contribution in [3.63, 3.8) is 0 Å². The number of allylic oxidation sites excluding steroid dienone is 2. The molecule has 8 N–H and O–H groups in total. The number of aliphatic hydroxyl groups excluding tert-OH is 7. The molecular formula is C58H113NO10. The third-order valence-electron chi connectivity index (χ3n) is 14.6. The summed E-state index contributed by atoms with van der Waals surface area (Å²) in [5.41, 5.74) is 0. The van der Waals surface area contributed by atoms with Crippen LogP contribution >= 0.6 is 0 Å². The van der Waals surface area contributed by atoms with Gasteiger partial charge in [-0.3, -0.25) is 4.79 Å². The molecule has 0 aromatic rings. The van der Waals surface area contributed by atoms with Crippen LogP contribution < -0.4 is 5.32 Å². The monoisotopic (exact) mass is 984 g/mol. The number of ether oxygens (including phenoxy) is 2. The third-order valence-corrected chi connectivity index (χ3v) is 14.6. The largest absolute Gasteiger partial charge is 0.394 e. The van der Waals surface area contributed by atoms with Crippen molar-refractivity contribution in [1.82, 2.24) is 5.32 Å². The molecule has 0 saturated carbocycles. The van der Waals surface area contributed by atoms with Crippen LogP contribution in [-0.2, 0) is 14.3 Å². The number of rotatable bonds is 51. The topological polar surface area (TPSA) is 189 Å². The van der Waals surface area contributed by atoms with Crippen molar-refractivity contribution in [1.29, 1.82) is 0 Å². The lowest BCUT2D eigenvalue weighted by Crippen LogP contribution is -2.60. The number of hydrogen-bond donors (Lipinski definition) is 8. The maximum atomic E-state index is 13.1. The predicted molar refractivity (Wildman–Crippen MR) is 284 cm³/mol. The number of unbranched alkanes of at least 4 members (excludes halogenated alkanes) is 37. The van der Waals surface area contributed by atoms with Gasteiger partial charge in [-0.1, -0.05) is 257 Å². The average Bonchev–Trinajstić information content (AvgIpc) is 3.35. The molecule has 9 unspecified atom stereocenters. The Labute approximate surface area is 423 Å². The van der Waals surface area contributed by atoms with Crippen LogP contribution in [0.1, 0.15) is 284 Å². The van der Waals surface area contributed by atoms with Crippen molar-refractivity contribution in [3.8, 4) is 0 Å². The van der Waals surface area contributed by atoms with E-state index in [1.807, 2.05) is 0 Å². The van der Waals surface area contributed by atoms with Gasteiger partial charge >= 0.3 is 0 Å². The zero-order chi connectivity index (χ0) is 50.4. The first-order chi connectivity index (χ1) is 33.7. The van der Waals surface area contributed by atoms with E-state index >= 15 is 0 Å². The summed E-state index contributed by atoms with van der Waals surface area (Å²) in [6.45, 7) is 3.47. The minimum atomic E-state index is -1.66. The molecular weight excluding hydrogens is 871 g/mol. The van der Waals surface area contributed by atoms with Crippen molar-refractivity contribution in [2.45, 2.75) is 339 Å². The second-order valence-corrected chi connectivity index (χ2v) is 21.1. The number of aliphatic hydroxyl groups is 7. The number of hydrogen-bond acceptors (Lipinski definition) is 10. The molecule has 1 aliphatic heterocycles. The Bertz CT molecular complexity index is 1130. The quantitative estimate of drug-likeness (QED) is 0.0215. The fourth-order valence-electron chi connectivity index (χ4n) is 9.74. The van der Waals surface area contributed by atoms with Gasteiger partial charge in [-0.2, -0.15) is 0 Å². The van der Waals surface area contributed by atoms with Crippen LogP contribution in [0.3, 0.4) is 0 Å². The summed E-state index contributed by atoms with van der Waals surface area (Å²) in [6.07, 6.45) is 44.3. The van der Waals surface area contributed by atoms with E-state index in [0.717, 1.165) is 38.5 Å². The normalized spacial score (nSPS) is 20.4. The van der Waals surface area contributed by atoms with Gasteiger partial charge in [0, 0.05) is 0 Å². The maximum Gasteiger partial charge on any atom is 0.249 e. The number of amides is 1. The van der Waals surface area contributed by atoms with Gasteiger partial charge in [0.2, 0.25) is 5.91 Å². The van der Waals surface area contributed by atoms with E-state index in [-0.39, 0.29) is 12.8 Å². The molecule has 1 heterocycles. The highest BCUT2D eigenvalue weighted by Crippen LogP contribution is 2.23. The van der Waals surface area contributed by atoms with Gasteiger partial charge in [0.25, 0.3) is 0 Å². The molecule has 11 heteroatoms. The molecule has 0 radical (unpaired) electrons. The lowest BCUT2D eigenvalue weighted by molar-refractivity contribution is -0.303. The van der Waals surface area contributed by atoms with Crippen molar-refractivity contribution in [2.24, 2.45) is 0 Å². The number of nitrogens with one attached hydrogen (secondary N) is 1. The van der Waals surface area contributed by atoms with E-state index in [4.69, 9.17) is 9.47 Å². The Morgan fingerprint density at radius 1 is 0.493 bits per heavy atom. The van der Waals surface area contributed by atoms with Gasteiger partial charge in [-0.25, -0.2) is 0 Å². The first kappa shape index (κ1) is 65.9. The minimum absolute atomic E-state index is 0.259. The van der Waals surface area contributed by atoms with E-state index in [1.54, 1.807) is 0 Å². The fourth-order valence-corrected chi connectivity index (χ4v) is 9.74. The van der Waals surface area contributed by atoms with Crippen LogP contribution in [0.4, 0.5) is 0 Å². The Balaban J connectivity index is 2.27. The Morgan fingerprint density at radius 2 is 0.855 bits per heavy atom. The van der Waals surface area contributed by atoms with Crippen molar-refractivity contribution >= 4 is 5.91 Å². The van der Waals surface area contributed by atoms with E-state index < -0.39 is 74.2 Å². The first-order valence-electron chi connectivity index (χ1n) is 29.6. The van der Waals surface area contributed by atoms with Crippen molar-refractivity contribution < 1.29 is 50.0 Å². The molecule has 0 aromatic carbocycles. The number of carbonyl (C=O) groups is 1. The summed E-state index contributed by atoms with van der Waals surface area (Å²) in [6, 6.07) is -1.18. The molecule has 69 heavy (non-hydrogen) atoms. The predicted octanol–water partition coefficient (Wildman–Crippen LogP) is 12.4. The van der Waals surface area contributed by atoms with Gasteiger partial charge in [-0.05, 0) is 38.5 Å². The van der Waals surface area contributed by atoms with E-state index in [0.29, 0.717) is 12.8 Å². The molecule has 1 aliphatic rings. The zero-order valence-electron chi connectivity index (χ0n) is 44.8. The molecule has 410 valence electrons. The summed E-state index contributed by atoms with van der Waals surface area (Å²) in [5.74, 6) is -0.702. The summed E-state index contributed by atoms with van der Waals surface area (Å²) < 4.78 is 11.1. The molecule has 11 nitrogen and oxygen atoms in total. The van der Waals surface area contributed by atoms with Crippen molar-refractivity contribution in [2.75, 3.05) is 13.2 Å². The Hall–Kier alpha value is -1.15. The van der Waals surface area contributed by atoms with Crippen LogP contribution in [-0.4, -0.2) is 110 Å². The fraction of sp³-hybridized carbons (Fsp3) is 0.948. The molecule has 1 saturated heterocycles. The SMILES string of the molecule is CCCCCCCCCCCCCCCCCCCCCCCCC/C=C/CCCC(O)C(O)C(COC1OC(CO)C(O)C(O)C1O)NC(=O)C(O)CCCCCCCCCCCCCCCC. The van der Waals surface area contributed by atoms with Gasteiger partial charge < -0.3 is 50.5 Å². The van der Waals surface area contributed by atoms with Gasteiger partial charge in [0.05, 0.1) is 25.4 Å². The third kappa shape index (κ3) is 36.4. The standard InChI is InChI=1S/C58H113NO10/c1-3-5-7-9-11-13-15-17-19-20-21-22-23-24-25-26-27-28-29-30-31-32-34-35-37-39-41-43-45-50(61)53(63)49(48-68-58-56(66)55(65)54(64)52(47-60)69-58)59-57(67)51(62)46-44-42-40-38-36-33-18-16-14-12-10-8-6-4-2/h37,39,49-56,58,60-66H,3-36,38,40-48H2,1-2H3,(H,59,67)/b39-37+. The molecule has 1 amide bonds. The maximum absolute atomic E-state index is 13.1. The molecule has 0 spiro atoms. The smallest absolute Gasteiger partial charge is 0.249 e. The van der Waals surface area contributed by atoms with Crippen LogP contribution in [0.15, 0.2) is 12.2 Å². The Kier molecular flexibility index (Phi) is 45.7. The molecule has 1 rings (SSSR count). The van der Waals surface area contributed by atoms with Crippen LogP contribution in [0, 0.1) is 0 Å². The lowest BCUT2D eigenvalue weighted by atomic mass is 9.98. The molecule has 0 aliphatic carbocycles. The number of carbonyl (C=O) groups excluding carboxylic acids is 1. The second-order valence-electron chi connectivity index (χ2n) is 21.1. The highest BCUT2D eigenvalue weighted by molar-refractivity contribution is 5.80. The van der Waals surface area contributed by atoms with E-state index in [9.17, 15) is 40.5 Å². The summed E-state index contributed by atoms with van der Waals surface area (Å²) in [7, 11) is 0. The van der Waals surface area contributed by atoms with Crippen molar-refractivity contribution in [3.05, 3.63) is 12.2 Å². The highest BCUT2D eigenvalue weighted by atomic mass is 16.7. The lowest BCUT2D eigenvalue weighted by Gasteiger charge is -2.40. The zero-order valence-corrected chi connectivity index (χ0v) is 44.8. The van der Waals surface area contributed by atoms with Gasteiger partial charge in [-0.15, -0.1) is 0 Å². The summed E-state index contributed by atoms with van der Waals surface area (Å²) in [4.78, 5) is 13.1. The Morgan fingerprint density at radius 3 is 1.25 bits per heavy atom. The van der Waals surface area contributed by atoms with Crippen LogP contribution in [0.5, 0.6) is 0 Å². The molecule has 9 atom stereocenters. The van der Waals surface area contributed by atoms with Gasteiger partial charge in [0.1, 0.15) is 36.6 Å². The first-order valence-corrected chi connectivity index (χ1v) is 29.6. The second kappa shape index (κ2) is 47.8. The van der Waals surface area contributed by atoms with E-state index in [1.165, 1.54) is 205 Å². The molecule has 1 fully saturated rings.